The molecule has 0 radical (unpaired) electrons. The second-order valence-corrected chi connectivity index (χ2v) is 5.93. The highest BCUT2D eigenvalue weighted by molar-refractivity contribution is 7.89. The van der Waals surface area contributed by atoms with Crippen molar-refractivity contribution in [3.63, 3.8) is 0 Å². The molecule has 0 aromatic carbocycles. The van der Waals surface area contributed by atoms with E-state index in [0.29, 0.717) is 6.42 Å². The van der Waals surface area contributed by atoms with Gasteiger partial charge in [0.05, 0.1) is 5.75 Å². The lowest BCUT2D eigenvalue weighted by atomic mass is 9.92. The number of sulfonamides is 1. The first-order chi connectivity index (χ1) is 6.53. The predicted octanol–water partition coefficient (Wildman–Crippen LogP) is 0.586. The quantitative estimate of drug-likeness (QED) is 0.728. The third-order valence-corrected chi connectivity index (χ3v) is 4.17. The van der Waals surface area contributed by atoms with Gasteiger partial charge in [0.2, 0.25) is 10.0 Å². The van der Waals surface area contributed by atoms with Crippen LogP contribution in [-0.4, -0.2) is 26.3 Å². The van der Waals surface area contributed by atoms with Crippen LogP contribution in [0, 0.1) is 0 Å². The van der Waals surface area contributed by atoms with Gasteiger partial charge in [-0.3, -0.25) is 0 Å². The molecular formula is C9H20N2O2S. The van der Waals surface area contributed by atoms with Gasteiger partial charge in [0, 0.05) is 12.1 Å². The van der Waals surface area contributed by atoms with E-state index in [1.165, 1.54) is 0 Å². The van der Waals surface area contributed by atoms with E-state index in [1.54, 1.807) is 0 Å². The minimum atomic E-state index is -3.06. The fourth-order valence-corrected chi connectivity index (χ4v) is 3.29. The molecule has 1 fully saturated rings. The summed E-state index contributed by atoms with van der Waals surface area (Å²) in [6, 6.07) is 0.230. The molecule has 0 aliphatic heterocycles. The van der Waals surface area contributed by atoms with Gasteiger partial charge in [0.1, 0.15) is 0 Å². The standard InChI is InChI=1S/C9H20N2O2S/c1-2-6-14(12,13)11-9-5-3-4-8(10)7-9/h8-9,11H,2-7,10H2,1H3. The first kappa shape index (κ1) is 11.9. The molecule has 0 saturated heterocycles. The number of hydrogen-bond acceptors (Lipinski definition) is 3. The maximum absolute atomic E-state index is 11.5. The van der Waals surface area contributed by atoms with Gasteiger partial charge >= 0.3 is 0 Å². The van der Waals surface area contributed by atoms with Gasteiger partial charge in [0.15, 0.2) is 0 Å². The molecule has 0 aromatic rings. The Labute approximate surface area is 86.3 Å². The van der Waals surface area contributed by atoms with E-state index >= 15 is 0 Å². The van der Waals surface area contributed by atoms with Crippen LogP contribution < -0.4 is 10.5 Å². The van der Waals surface area contributed by atoms with Crippen molar-refractivity contribution >= 4 is 10.0 Å². The molecule has 1 aliphatic rings. The lowest BCUT2D eigenvalue weighted by molar-refractivity contribution is 0.371. The molecule has 1 aliphatic carbocycles. The highest BCUT2D eigenvalue weighted by Gasteiger charge is 2.22. The SMILES string of the molecule is CCCS(=O)(=O)NC1CCCC(N)C1. The molecule has 4 nitrogen and oxygen atoms in total. The van der Waals surface area contributed by atoms with Gasteiger partial charge in [-0.15, -0.1) is 0 Å². The van der Waals surface area contributed by atoms with Crippen LogP contribution in [0.4, 0.5) is 0 Å². The van der Waals surface area contributed by atoms with E-state index < -0.39 is 10.0 Å². The van der Waals surface area contributed by atoms with E-state index in [1.807, 2.05) is 6.92 Å². The maximum atomic E-state index is 11.5. The van der Waals surface area contributed by atoms with E-state index in [0.717, 1.165) is 25.7 Å². The average Bonchev–Trinajstić information content (AvgIpc) is 2.02. The molecule has 3 N–H and O–H groups in total. The summed E-state index contributed by atoms with van der Waals surface area (Å²) in [7, 11) is -3.06. The van der Waals surface area contributed by atoms with Crippen molar-refractivity contribution in [3.8, 4) is 0 Å². The zero-order valence-corrected chi connectivity index (χ0v) is 9.52. The third-order valence-electron chi connectivity index (χ3n) is 2.53. The molecule has 1 rings (SSSR count). The van der Waals surface area contributed by atoms with E-state index in [4.69, 9.17) is 5.73 Å². The summed E-state index contributed by atoms with van der Waals surface area (Å²) in [4.78, 5) is 0. The molecule has 0 spiro atoms. The van der Waals surface area contributed by atoms with Gasteiger partial charge in [0.25, 0.3) is 0 Å². The van der Waals surface area contributed by atoms with E-state index in [9.17, 15) is 8.42 Å². The Morgan fingerprint density at radius 2 is 2.14 bits per heavy atom. The van der Waals surface area contributed by atoms with Crippen LogP contribution in [0.5, 0.6) is 0 Å². The second-order valence-electron chi connectivity index (χ2n) is 4.06. The molecule has 1 saturated carbocycles. The molecule has 2 atom stereocenters. The first-order valence-corrected chi connectivity index (χ1v) is 6.94. The topological polar surface area (TPSA) is 72.2 Å². The second kappa shape index (κ2) is 5.09. The first-order valence-electron chi connectivity index (χ1n) is 5.29. The lowest BCUT2D eigenvalue weighted by Gasteiger charge is -2.27. The van der Waals surface area contributed by atoms with Crippen LogP contribution in [0.15, 0.2) is 0 Å². The van der Waals surface area contributed by atoms with Gasteiger partial charge in [-0.2, -0.15) is 0 Å². The summed E-state index contributed by atoms with van der Waals surface area (Å²) >= 11 is 0. The molecule has 84 valence electrons. The Bertz CT molecular complexity index is 264. The normalized spacial score (nSPS) is 29.0. The lowest BCUT2D eigenvalue weighted by Crippen LogP contribution is -2.42. The van der Waals surface area contributed by atoms with E-state index in [-0.39, 0.29) is 17.8 Å². The zero-order valence-electron chi connectivity index (χ0n) is 8.70. The third kappa shape index (κ3) is 3.94. The zero-order chi connectivity index (χ0) is 10.6. The average molecular weight is 220 g/mol. The highest BCUT2D eigenvalue weighted by Crippen LogP contribution is 2.17. The van der Waals surface area contributed by atoms with Crippen molar-refractivity contribution < 1.29 is 8.42 Å². The van der Waals surface area contributed by atoms with Gasteiger partial charge in [-0.25, -0.2) is 13.1 Å². The van der Waals surface area contributed by atoms with Crippen molar-refractivity contribution in [2.45, 2.75) is 51.1 Å². The van der Waals surface area contributed by atoms with Crippen molar-refractivity contribution in [2.75, 3.05) is 5.75 Å². The van der Waals surface area contributed by atoms with Crippen molar-refractivity contribution in [3.05, 3.63) is 0 Å². The molecule has 14 heavy (non-hydrogen) atoms. The summed E-state index contributed by atoms with van der Waals surface area (Å²) in [5, 5.41) is 0. The Morgan fingerprint density at radius 1 is 1.43 bits per heavy atom. The largest absolute Gasteiger partial charge is 0.328 e. The van der Waals surface area contributed by atoms with Crippen LogP contribution in [-0.2, 0) is 10.0 Å². The van der Waals surface area contributed by atoms with Crippen LogP contribution in [0.1, 0.15) is 39.0 Å². The number of rotatable bonds is 4. The molecule has 0 heterocycles. The Morgan fingerprint density at radius 3 is 2.71 bits per heavy atom. The molecule has 0 aromatic heterocycles. The molecule has 0 bridgehead atoms. The van der Waals surface area contributed by atoms with Crippen LogP contribution in [0.2, 0.25) is 0 Å². The Balaban J connectivity index is 2.43. The Kier molecular flexibility index (Phi) is 4.34. The summed E-state index contributed by atoms with van der Waals surface area (Å²) in [5.74, 6) is 0.221. The van der Waals surface area contributed by atoms with Crippen LogP contribution in [0.3, 0.4) is 0 Å². The minimum absolute atomic E-state index is 0.0651. The van der Waals surface area contributed by atoms with Gasteiger partial charge in [-0.05, 0) is 25.7 Å². The fourth-order valence-electron chi connectivity index (χ4n) is 1.92. The Hall–Kier alpha value is -0.130. The fraction of sp³-hybridized carbons (Fsp3) is 1.00. The number of hydrogen-bond donors (Lipinski definition) is 2. The van der Waals surface area contributed by atoms with Crippen molar-refractivity contribution in [1.82, 2.24) is 4.72 Å². The molecule has 5 heteroatoms. The van der Waals surface area contributed by atoms with Gasteiger partial charge < -0.3 is 5.73 Å². The minimum Gasteiger partial charge on any atom is -0.328 e. The number of nitrogens with two attached hydrogens (primary N) is 1. The summed E-state index contributed by atoms with van der Waals surface area (Å²) in [6.45, 7) is 1.87. The summed E-state index contributed by atoms with van der Waals surface area (Å²) in [6.07, 6.45) is 4.42. The van der Waals surface area contributed by atoms with Gasteiger partial charge in [-0.1, -0.05) is 13.3 Å². The summed E-state index contributed by atoms with van der Waals surface area (Å²) in [5.41, 5.74) is 5.78. The maximum Gasteiger partial charge on any atom is 0.211 e. The smallest absolute Gasteiger partial charge is 0.211 e. The van der Waals surface area contributed by atoms with Crippen molar-refractivity contribution in [2.24, 2.45) is 5.73 Å². The molecular weight excluding hydrogens is 200 g/mol. The highest BCUT2D eigenvalue weighted by atomic mass is 32.2. The van der Waals surface area contributed by atoms with Crippen LogP contribution in [0.25, 0.3) is 0 Å². The summed E-state index contributed by atoms with van der Waals surface area (Å²) < 4.78 is 25.6. The monoisotopic (exact) mass is 220 g/mol. The van der Waals surface area contributed by atoms with Crippen molar-refractivity contribution in [1.29, 1.82) is 0 Å². The van der Waals surface area contributed by atoms with Crippen LogP contribution >= 0.6 is 0 Å². The predicted molar refractivity (Wildman–Crippen MR) is 57.4 cm³/mol. The van der Waals surface area contributed by atoms with E-state index in [2.05, 4.69) is 4.72 Å². The molecule has 2 unspecified atom stereocenters. The number of nitrogens with one attached hydrogen (secondary N) is 1. The molecule has 0 amide bonds.